The van der Waals surface area contributed by atoms with E-state index >= 15 is 0 Å². The highest BCUT2D eigenvalue weighted by Crippen LogP contribution is 2.38. The number of carboxylic acid groups (broad SMARTS) is 1. The Morgan fingerprint density at radius 1 is 0.875 bits per heavy atom. The van der Waals surface area contributed by atoms with Crippen LogP contribution in [0.25, 0.3) is 21.8 Å². The van der Waals surface area contributed by atoms with Gasteiger partial charge in [-0.2, -0.15) is 0 Å². The summed E-state index contributed by atoms with van der Waals surface area (Å²) in [5.74, 6) is 1.21. The molecule has 7 N–H and O–H groups in total. The van der Waals surface area contributed by atoms with Crippen LogP contribution >= 0.6 is 21.6 Å². The largest absolute Gasteiger partial charge is 0.480 e. The quantitative estimate of drug-likeness (QED) is 0.178. The van der Waals surface area contributed by atoms with Gasteiger partial charge in [0.2, 0.25) is 0 Å². The van der Waals surface area contributed by atoms with Crippen LogP contribution in [0.3, 0.4) is 0 Å². The molecule has 0 saturated heterocycles. The van der Waals surface area contributed by atoms with E-state index in [1.165, 1.54) is 0 Å². The van der Waals surface area contributed by atoms with Crippen LogP contribution in [-0.2, 0) is 10.2 Å². The van der Waals surface area contributed by atoms with E-state index in [1.807, 2.05) is 67.6 Å². The van der Waals surface area contributed by atoms with Crippen LogP contribution in [0.4, 0.5) is 0 Å². The first kappa shape index (κ1) is 24.3. The Morgan fingerprint density at radius 3 is 1.66 bits per heavy atom. The normalized spacial score (nSPS) is 11.5. The summed E-state index contributed by atoms with van der Waals surface area (Å²) in [6, 6.07) is 19.6. The van der Waals surface area contributed by atoms with Gasteiger partial charge in [0.05, 0.1) is 0 Å². The standard InChI is InChI=1S/C20H18N2O2.C4H12N2S2/c1-2-20(19(23)24,17-11-13-7-3-5-9-15(13)21-17)18-12-14-8-4-6-10-16(14)22-18;5-1-3-7-8-4-2-6/h3-12,21-22H,2H2,1H3,(H,23,24);1-6H2. The monoisotopic (exact) mass is 470 g/mol. The highest BCUT2D eigenvalue weighted by molar-refractivity contribution is 8.76. The average molecular weight is 471 g/mol. The zero-order chi connectivity index (χ0) is 23.0. The second-order valence-corrected chi connectivity index (χ2v) is 10.0. The maximum atomic E-state index is 12.4. The molecule has 4 aromatic rings. The topological polar surface area (TPSA) is 121 Å². The lowest BCUT2D eigenvalue weighted by atomic mass is 9.78. The van der Waals surface area contributed by atoms with Gasteiger partial charge in [-0.1, -0.05) is 64.9 Å². The molecule has 0 aliphatic heterocycles. The Labute approximate surface area is 195 Å². The maximum Gasteiger partial charge on any atom is 0.321 e. The van der Waals surface area contributed by atoms with E-state index in [2.05, 4.69) is 9.97 Å². The summed E-state index contributed by atoms with van der Waals surface area (Å²) in [7, 11) is 3.58. The van der Waals surface area contributed by atoms with E-state index in [4.69, 9.17) is 11.5 Å². The third-order valence-electron chi connectivity index (χ3n) is 5.36. The zero-order valence-electron chi connectivity index (χ0n) is 18.1. The summed E-state index contributed by atoms with van der Waals surface area (Å²) in [6.07, 6.45) is 0.446. The average Bonchev–Trinajstić information content (AvgIpc) is 3.42. The number of rotatable bonds is 9. The Bertz CT molecular complexity index is 1010. The lowest BCUT2D eigenvalue weighted by Gasteiger charge is -2.26. The number of fused-ring (bicyclic) bond motifs is 2. The molecule has 2 aromatic heterocycles. The van der Waals surface area contributed by atoms with Crippen LogP contribution in [0.1, 0.15) is 24.7 Å². The molecule has 2 heterocycles. The van der Waals surface area contributed by atoms with Crippen LogP contribution in [0.15, 0.2) is 60.7 Å². The highest BCUT2D eigenvalue weighted by Gasteiger charge is 2.43. The fourth-order valence-corrected chi connectivity index (χ4v) is 5.44. The molecule has 0 saturated carbocycles. The molecular formula is C24H30N4O2S2. The van der Waals surface area contributed by atoms with Crippen molar-refractivity contribution in [3.05, 3.63) is 72.1 Å². The van der Waals surface area contributed by atoms with Crippen molar-refractivity contribution in [1.82, 2.24) is 9.97 Å². The number of hydrogen-bond donors (Lipinski definition) is 5. The van der Waals surface area contributed by atoms with Crippen LogP contribution in [-0.4, -0.2) is 45.6 Å². The summed E-state index contributed by atoms with van der Waals surface area (Å²) < 4.78 is 0. The predicted octanol–water partition coefficient (Wildman–Crippen LogP) is 4.72. The molecular weight excluding hydrogens is 440 g/mol. The highest BCUT2D eigenvalue weighted by atomic mass is 33.1. The SMILES string of the molecule is CCC(C(=O)O)(c1cc2ccccc2[nH]1)c1cc2ccccc2[nH]1.NCCSSCCN. The van der Waals surface area contributed by atoms with Crippen molar-refractivity contribution in [1.29, 1.82) is 0 Å². The molecule has 0 spiro atoms. The van der Waals surface area contributed by atoms with Gasteiger partial charge in [-0.05, 0) is 41.5 Å². The number of aromatic nitrogens is 2. The van der Waals surface area contributed by atoms with Crippen LogP contribution in [0.5, 0.6) is 0 Å². The Hall–Kier alpha value is -2.39. The van der Waals surface area contributed by atoms with Crippen molar-refractivity contribution in [2.45, 2.75) is 18.8 Å². The molecule has 0 aliphatic rings. The van der Waals surface area contributed by atoms with E-state index in [0.29, 0.717) is 17.8 Å². The minimum atomic E-state index is -1.13. The number of hydrogen-bond acceptors (Lipinski definition) is 5. The van der Waals surface area contributed by atoms with Gasteiger partial charge in [0, 0.05) is 47.0 Å². The second kappa shape index (κ2) is 11.5. The molecule has 0 fully saturated rings. The molecule has 0 aliphatic carbocycles. The molecule has 0 amide bonds. The van der Waals surface area contributed by atoms with Crippen LogP contribution < -0.4 is 11.5 Å². The first-order valence-corrected chi connectivity index (χ1v) is 13.1. The first-order valence-electron chi connectivity index (χ1n) is 10.6. The molecule has 8 heteroatoms. The van der Waals surface area contributed by atoms with Crippen molar-refractivity contribution >= 4 is 49.4 Å². The first-order chi connectivity index (χ1) is 15.6. The lowest BCUT2D eigenvalue weighted by molar-refractivity contribution is -0.142. The summed E-state index contributed by atoms with van der Waals surface area (Å²) in [4.78, 5) is 19.0. The number of H-pyrrole nitrogens is 2. The minimum absolute atomic E-state index is 0.446. The smallest absolute Gasteiger partial charge is 0.321 e. The molecule has 4 rings (SSSR count). The Balaban J connectivity index is 0.000000312. The molecule has 6 nitrogen and oxygen atoms in total. The van der Waals surface area contributed by atoms with Gasteiger partial charge in [-0.3, -0.25) is 4.79 Å². The number of carbonyl (C=O) groups is 1. The van der Waals surface area contributed by atoms with Crippen molar-refractivity contribution in [3.63, 3.8) is 0 Å². The molecule has 0 radical (unpaired) electrons. The van der Waals surface area contributed by atoms with Gasteiger partial charge in [-0.15, -0.1) is 0 Å². The van der Waals surface area contributed by atoms with Crippen LogP contribution in [0, 0.1) is 0 Å². The Kier molecular flexibility index (Phi) is 8.69. The Morgan fingerprint density at radius 2 is 1.31 bits per heavy atom. The number of nitrogens with two attached hydrogens (primary N) is 2. The van der Waals surface area contributed by atoms with E-state index in [9.17, 15) is 9.90 Å². The van der Waals surface area contributed by atoms with E-state index in [-0.39, 0.29) is 0 Å². The molecule has 0 unspecified atom stereocenters. The van der Waals surface area contributed by atoms with E-state index < -0.39 is 11.4 Å². The summed E-state index contributed by atoms with van der Waals surface area (Å²) >= 11 is 0. The number of nitrogens with one attached hydrogen (secondary N) is 2. The molecule has 0 atom stereocenters. The summed E-state index contributed by atoms with van der Waals surface area (Å²) in [6.45, 7) is 3.44. The second-order valence-electron chi connectivity index (χ2n) is 7.33. The predicted molar refractivity (Wildman–Crippen MR) is 138 cm³/mol. The fraction of sp³-hybridized carbons (Fsp3) is 0.292. The van der Waals surface area contributed by atoms with E-state index in [0.717, 1.165) is 46.4 Å². The third-order valence-corrected chi connectivity index (χ3v) is 7.83. The zero-order valence-corrected chi connectivity index (χ0v) is 19.8. The lowest BCUT2D eigenvalue weighted by Crippen LogP contribution is -2.37. The summed E-state index contributed by atoms with van der Waals surface area (Å²) in [5.41, 5.74) is 12.7. The third kappa shape index (κ3) is 5.15. The van der Waals surface area contributed by atoms with Gasteiger partial charge in [-0.25, -0.2) is 0 Å². The molecule has 2 aromatic carbocycles. The van der Waals surface area contributed by atoms with Crippen molar-refractivity contribution in [2.24, 2.45) is 11.5 Å². The fourth-order valence-electron chi connectivity index (χ4n) is 3.73. The van der Waals surface area contributed by atoms with Gasteiger partial charge >= 0.3 is 5.97 Å². The van der Waals surface area contributed by atoms with Crippen molar-refractivity contribution < 1.29 is 9.90 Å². The number of carboxylic acids is 1. The van der Waals surface area contributed by atoms with Crippen molar-refractivity contribution in [3.8, 4) is 0 Å². The van der Waals surface area contributed by atoms with Crippen molar-refractivity contribution in [2.75, 3.05) is 24.6 Å². The number of aliphatic carboxylic acids is 1. The molecule has 0 bridgehead atoms. The molecule has 32 heavy (non-hydrogen) atoms. The van der Waals surface area contributed by atoms with E-state index in [1.54, 1.807) is 21.6 Å². The number of aromatic amines is 2. The van der Waals surface area contributed by atoms with Gasteiger partial charge in [0.25, 0.3) is 0 Å². The number of benzene rings is 2. The maximum absolute atomic E-state index is 12.4. The van der Waals surface area contributed by atoms with Gasteiger partial charge in [0.15, 0.2) is 0 Å². The van der Waals surface area contributed by atoms with Crippen LogP contribution in [0.2, 0.25) is 0 Å². The summed E-state index contributed by atoms with van der Waals surface area (Å²) in [5, 5.41) is 12.2. The van der Waals surface area contributed by atoms with Gasteiger partial charge < -0.3 is 26.5 Å². The minimum Gasteiger partial charge on any atom is -0.480 e. The molecule has 170 valence electrons. The van der Waals surface area contributed by atoms with Gasteiger partial charge in [0.1, 0.15) is 5.41 Å². The number of para-hydroxylation sites is 2.